The van der Waals surface area contributed by atoms with Crippen molar-refractivity contribution in [2.24, 2.45) is 0 Å². The fraction of sp³-hybridized carbons (Fsp3) is 0.211. The second kappa shape index (κ2) is 8.79. The Hall–Kier alpha value is -3.42. The average molecular weight is 369 g/mol. The van der Waals surface area contributed by atoms with Gasteiger partial charge in [-0.3, -0.25) is 0 Å². The number of rotatable bonds is 8. The first kappa shape index (κ1) is 18.4. The summed E-state index contributed by atoms with van der Waals surface area (Å²) in [7, 11) is 3.17. The number of anilines is 3. The van der Waals surface area contributed by atoms with Crippen molar-refractivity contribution in [3.63, 3.8) is 0 Å². The lowest BCUT2D eigenvalue weighted by molar-refractivity contribution is 0.395. The van der Waals surface area contributed by atoms with Crippen molar-refractivity contribution in [1.29, 1.82) is 0 Å². The van der Waals surface area contributed by atoms with Gasteiger partial charge in [0, 0.05) is 12.6 Å². The van der Waals surface area contributed by atoms with Gasteiger partial charge in [-0.1, -0.05) is 18.2 Å². The summed E-state index contributed by atoms with van der Waals surface area (Å²) in [5, 5.41) is 14.1. The number of hydrogen-bond donors (Lipinski definition) is 2. The van der Waals surface area contributed by atoms with Crippen LogP contribution in [0.5, 0.6) is 11.5 Å². The first-order valence-corrected chi connectivity index (χ1v) is 8.35. The zero-order valence-electron chi connectivity index (χ0n) is 15.1. The highest BCUT2D eigenvalue weighted by Crippen LogP contribution is 2.30. The number of ether oxygens (including phenoxy) is 2. The standard InChI is InChI=1S/C19H20FN5O2/c1-26-14-7-8-16(17(11-14)27-2)23-18-12-22-25-19(24-18)21-10-9-13-5-3-4-6-15(13)20/h3-8,11-12H,9-10H2,1-2H3,(H2,21,23,24,25). The van der Waals surface area contributed by atoms with E-state index in [1.54, 1.807) is 32.4 Å². The highest BCUT2D eigenvalue weighted by atomic mass is 19.1. The molecule has 1 aromatic heterocycles. The van der Waals surface area contributed by atoms with Gasteiger partial charge in [-0.15, -0.1) is 5.10 Å². The van der Waals surface area contributed by atoms with E-state index in [2.05, 4.69) is 25.8 Å². The van der Waals surface area contributed by atoms with Crippen LogP contribution >= 0.6 is 0 Å². The molecule has 0 unspecified atom stereocenters. The molecule has 0 aliphatic carbocycles. The van der Waals surface area contributed by atoms with Gasteiger partial charge in [-0.2, -0.15) is 10.1 Å². The summed E-state index contributed by atoms with van der Waals surface area (Å²) in [6.07, 6.45) is 2.02. The molecule has 1 heterocycles. The topological polar surface area (TPSA) is 81.2 Å². The maximum atomic E-state index is 13.6. The lowest BCUT2D eigenvalue weighted by Gasteiger charge is -2.12. The van der Waals surface area contributed by atoms with Crippen molar-refractivity contribution < 1.29 is 13.9 Å². The Bertz CT molecular complexity index is 907. The second-order valence-corrected chi connectivity index (χ2v) is 5.62. The van der Waals surface area contributed by atoms with Gasteiger partial charge in [0.05, 0.1) is 26.1 Å². The Morgan fingerprint density at radius 1 is 1.07 bits per heavy atom. The van der Waals surface area contributed by atoms with Crippen LogP contribution in [0.2, 0.25) is 0 Å². The Morgan fingerprint density at radius 3 is 2.70 bits per heavy atom. The molecule has 0 atom stereocenters. The molecule has 2 N–H and O–H groups in total. The first-order chi connectivity index (χ1) is 13.2. The summed E-state index contributed by atoms with van der Waals surface area (Å²) >= 11 is 0. The Kier molecular flexibility index (Phi) is 5.98. The van der Waals surface area contributed by atoms with Gasteiger partial charge in [0.1, 0.15) is 17.3 Å². The third kappa shape index (κ3) is 4.81. The van der Waals surface area contributed by atoms with E-state index in [9.17, 15) is 4.39 Å². The van der Waals surface area contributed by atoms with Crippen LogP contribution in [0, 0.1) is 5.82 Å². The summed E-state index contributed by atoms with van der Waals surface area (Å²) in [5.41, 5.74) is 1.35. The molecule has 0 aliphatic rings. The number of nitrogens with one attached hydrogen (secondary N) is 2. The number of methoxy groups -OCH3 is 2. The number of hydrogen-bond acceptors (Lipinski definition) is 7. The fourth-order valence-corrected chi connectivity index (χ4v) is 2.49. The van der Waals surface area contributed by atoms with E-state index in [4.69, 9.17) is 9.47 Å². The van der Waals surface area contributed by atoms with Gasteiger partial charge in [0.2, 0.25) is 5.95 Å². The highest BCUT2D eigenvalue weighted by molar-refractivity contribution is 5.65. The van der Waals surface area contributed by atoms with E-state index < -0.39 is 0 Å². The summed E-state index contributed by atoms with van der Waals surface area (Å²) in [6, 6.07) is 12.1. The second-order valence-electron chi connectivity index (χ2n) is 5.62. The van der Waals surface area contributed by atoms with Gasteiger partial charge < -0.3 is 20.1 Å². The highest BCUT2D eigenvalue weighted by Gasteiger charge is 2.08. The predicted octanol–water partition coefficient (Wildman–Crippen LogP) is 3.43. The molecule has 0 fully saturated rings. The van der Waals surface area contributed by atoms with E-state index in [-0.39, 0.29) is 5.82 Å². The fourth-order valence-electron chi connectivity index (χ4n) is 2.49. The minimum atomic E-state index is -0.222. The summed E-state index contributed by atoms with van der Waals surface area (Å²) in [6.45, 7) is 0.484. The minimum absolute atomic E-state index is 0.222. The number of nitrogens with zero attached hydrogens (tertiary/aromatic N) is 3. The van der Waals surface area contributed by atoms with Crippen molar-refractivity contribution in [2.45, 2.75) is 6.42 Å². The molecule has 0 saturated carbocycles. The van der Waals surface area contributed by atoms with E-state index >= 15 is 0 Å². The van der Waals surface area contributed by atoms with Crippen LogP contribution in [0.15, 0.2) is 48.7 Å². The van der Waals surface area contributed by atoms with Crippen molar-refractivity contribution >= 4 is 17.5 Å². The molecule has 0 amide bonds. The van der Waals surface area contributed by atoms with Crippen molar-refractivity contribution in [1.82, 2.24) is 15.2 Å². The lowest BCUT2D eigenvalue weighted by Crippen LogP contribution is -2.10. The summed E-state index contributed by atoms with van der Waals surface area (Å²) in [5.74, 6) is 1.93. The molecule has 0 radical (unpaired) electrons. The zero-order chi connectivity index (χ0) is 19.1. The normalized spacial score (nSPS) is 10.3. The minimum Gasteiger partial charge on any atom is -0.497 e. The van der Waals surface area contributed by atoms with E-state index in [1.807, 2.05) is 18.2 Å². The monoisotopic (exact) mass is 369 g/mol. The molecule has 0 saturated heterocycles. The van der Waals surface area contributed by atoms with Crippen LogP contribution in [0.1, 0.15) is 5.56 Å². The number of aromatic nitrogens is 3. The van der Waals surface area contributed by atoms with Gasteiger partial charge in [-0.05, 0) is 30.2 Å². The smallest absolute Gasteiger partial charge is 0.244 e. The third-order valence-electron chi connectivity index (χ3n) is 3.87. The first-order valence-electron chi connectivity index (χ1n) is 8.35. The molecule has 3 rings (SSSR count). The molecule has 3 aromatic rings. The largest absolute Gasteiger partial charge is 0.497 e. The quantitative estimate of drug-likeness (QED) is 0.629. The van der Waals surface area contributed by atoms with E-state index in [0.29, 0.717) is 41.8 Å². The van der Waals surface area contributed by atoms with Gasteiger partial charge >= 0.3 is 0 Å². The molecule has 7 nitrogen and oxygen atoms in total. The summed E-state index contributed by atoms with van der Waals surface area (Å²) in [4.78, 5) is 4.36. The molecule has 2 aromatic carbocycles. The Labute approximate surface area is 156 Å². The van der Waals surface area contributed by atoms with Crippen LogP contribution in [-0.4, -0.2) is 35.9 Å². The predicted molar refractivity (Wildman–Crippen MR) is 101 cm³/mol. The van der Waals surface area contributed by atoms with Gasteiger partial charge in [0.25, 0.3) is 0 Å². The molecular formula is C19H20FN5O2. The Morgan fingerprint density at radius 2 is 1.93 bits per heavy atom. The van der Waals surface area contributed by atoms with Crippen molar-refractivity contribution in [3.8, 4) is 11.5 Å². The molecule has 0 spiro atoms. The van der Waals surface area contributed by atoms with Crippen LogP contribution in [0.3, 0.4) is 0 Å². The third-order valence-corrected chi connectivity index (χ3v) is 3.87. The zero-order valence-corrected chi connectivity index (χ0v) is 15.1. The number of halogens is 1. The van der Waals surface area contributed by atoms with Gasteiger partial charge in [0.15, 0.2) is 5.82 Å². The average Bonchev–Trinajstić information content (AvgIpc) is 2.70. The summed E-state index contributed by atoms with van der Waals surface area (Å²) < 4.78 is 24.2. The molecule has 0 bridgehead atoms. The van der Waals surface area contributed by atoms with Crippen LogP contribution in [0.25, 0.3) is 0 Å². The van der Waals surface area contributed by atoms with Crippen molar-refractivity contribution in [2.75, 3.05) is 31.4 Å². The van der Waals surface area contributed by atoms with Crippen LogP contribution in [0.4, 0.5) is 21.8 Å². The molecule has 8 heteroatoms. The maximum Gasteiger partial charge on any atom is 0.244 e. The van der Waals surface area contributed by atoms with Gasteiger partial charge in [-0.25, -0.2) is 4.39 Å². The maximum absolute atomic E-state index is 13.6. The lowest BCUT2D eigenvalue weighted by atomic mass is 10.1. The van der Waals surface area contributed by atoms with Crippen LogP contribution in [-0.2, 0) is 6.42 Å². The molecule has 27 heavy (non-hydrogen) atoms. The molecule has 140 valence electrons. The molecule has 0 aliphatic heterocycles. The van der Waals surface area contributed by atoms with Crippen molar-refractivity contribution in [3.05, 3.63) is 60.0 Å². The molecular weight excluding hydrogens is 349 g/mol. The Balaban J connectivity index is 1.64. The SMILES string of the molecule is COc1ccc(Nc2cnnc(NCCc3ccccc3F)n2)c(OC)c1. The van der Waals surface area contributed by atoms with E-state index in [0.717, 1.165) is 5.69 Å². The number of benzene rings is 2. The van der Waals surface area contributed by atoms with E-state index in [1.165, 1.54) is 12.3 Å². The van der Waals surface area contributed by atoms with Crippen LogP contribution < -0.4 is 20.1 Å².